The Labute approximate surface area is 494 Å². The molecule has 2 aliphatic rings. The van der Waals surface area contributed by atoms with Crippen LogP contribution in [0.1, 0.15) is 77.6 Å². The molecule has 12 aromatic rings. The summed E-state index contributed by atoms with van der Waals surface area (Å²) in [7, 11) is 0. The second kappa shape index (κ2) is 21.2. The molecule has 6 heteroatoms. The molecule has 0 amide bonds. The van der Waals surface area contributed by atoms with E-state index in [1.807, 2.05) is 84.9 Å². The summed E-state index contributed by atoms with van der Waals surface area (Å²) in [6.07, 6.45) is 0. The van der Waals surface area contributed by atoms with Gasteiger partial charge in [-0.3, -0.25) is 0 Å². The maximum absolute atomic E-state index is 5.06. The smallest absolute Gasteiger partial charge is 0.164 e. The molecule has 0 unspecified atom stereocenters. The van der Waals surface area contributed by atoms with Gasteiger partial charge in [-0.15, -0.1) is 0 Å². The quantitative estimate of drug-likeness (QED) is 0.151. The Balaban J connectivity index is 0.000000157. The van der Waals surface area contributed by atoms with E-state index in [0.29, 0.717) is 34.9 Å². The lowest BCUT2D eigenvalue weighted by Gasteiger charge is -2.48. The van der Waals surface area contributed by atoms with Crippen molar-refractivity contribution in [2.75, 3.05) is 0 Å². The Morgan fingerprint density at radius 3 is 0.845 bits per heavy atom. The van der Waals surface area contributed by atoms with E-state index in [-0.39, 0.29) is 21.7 Å². The van der Waals surface area contributed by atoms with Gasteiger partial charge in [0.15, 0.2) is 34.9 Å². The van der Waals surface area contributed by atoms with Crippen LogP contribution in [0, 0.1) is 0 Å². The minimum atomic E-state index is -0.0991. The van der Waals surface area contributed by atoms with Crippen molar-refractivity contribution in [1.29, 1.82) is 0 Å². The van der Waals surface area contributed by atoms with Gasteiger partial charge in [-0.1, -0.05) is 292 Å². The Bertz CT molecular complexity index is 4340. The minimum Gasteiger partial charge on any atom is -0.208 e. The second-order valence-electron chi connectivity index (χ2n) is 24.3. The molecule has 0 N–H and O–H groups in total. The van der Waals surface area contributed by atoms with Crippen molar-refractivity contribution in [2.24, 2.45) is 0 Å². The lowest BCUT2D eigenvalue weighted by atomic mass is 9.55. The van der Waals surface area contributed by atoms with Gasteiger partial charge in [0.25, 0.3) is 0 Å². The van der Waals surface area contributed by atoms with Crippen LogP contribution in [0.15, 0.2) is 255 Å². The van der Waals surface area contributed by atoms with Crippen LogP contribution < -0.4 is 0 Å². The highest BCUT2D eigenvalue weighted by Gasteiger charge is 2.47. The monoisotopic (exact) mass is 1090 g/mol. The van der Waals surface area contributed by atoms with Crippen molar-refractivity contribution in [3.05, 3.63) is 277 Å². The van der Waals surface area contributed by atoms with Crippen LogP contribution in [0.25, 0.3) is 113 Å². The van der Waals surface area contributed by atoms with Crippen LogP contribution in [-0.2, 0) is 21.7 Å². The zero-order valence-corrected chi connectivity index (χ0v) is 48.9. The van der Waals surface area contributed by atoms with Crippen LogP contribution in [0.5, 0.6) is 0 Å². The highest BCUT2D eigenvalue weighted by molar-refractivity contribution is 5.83. The number of hydrogen-bond donors (Lipinski definition) is 0. The molecule has 0 saturated carbocycles. The molecular weight excluding hydrogens is 1020 g/mol. The first-order valence-corrected chi connectivity index (χ1v) is 29.1. The summed E-state index contributed by atoms with van der Waals surface area (Å²) in [6.45, 7) is 18.9. The van der Waals surface area contributed by atoms with Gasteiger partial charge in [0.2, 0.25) is 0 Å². The Morgan fingerprint density at radius 2 is 0.417 bits per heavy atom. The highest BCUT2D eigenvalue weighted by atomic mass is 15.0. The van der Waals surface area contributed by atoms with Gasteiger partial charge in [-0.2, -0.15) is 0 Å². The molecular formula is C78H66N6. The third kappa shape index (κ3) is 9.51. The highest BCUT2D eigenvalue weighted by Crippen LogP contribution is 2.56. The fraction of sp³-hybridized carbons (Fsp3) is 0.154. The molecule has 84 heavy (non-hydrogen) atoms. The number of nitrogens with zero attached hydrogens (tertiary/aromatic N) is 6. The van der Waals surface area contributed by atoms with E-state index in [1.165, 1.54) is 55.6 Å². The number of hydrogen-bond acceptors (Lipinski definition) is 6. The van der Waals surface area contributed by atoms with E-state index in [1.54, 1.807) is 0 Å². The topological polar surface area (TPSA) is 77.3 Å². The van der Waals surface area contributed by atoms with Gasteiger partial charge in [-0.05, 0) is 107 Å². The first kappa shape index (κ1) is 53.5. The zero-order chi connectivity index (χ0) is 57.8. The molecule has 2 aliphatic carbocycles. The Hall–Kier alpha value is -9.78. The predicted octanol–water partition coefficient (Wildman–Crippen LogP) is 19.6. The second-order valence-corrected chi connectivity index (χ2v) is 24.3. The fourth-order valence-corrected chi connectivity index (χ4v) is 12.4. The van der Waals surface area contributed by atoms with Crippen molar-refractivity contribution >= 4 is 0 Å². The Morgan fingerprint density at radius 1 is 0.179 bits per heavy atom. The summed E-state index contributed by atoms with van der Waals surface area (Å²) in [5.41, 5.74) is 21.1. The maximum atomic E-state index is 5.06. The first-order valence-electron chi connectivity index (χ1n) is 29.1. The summed E-state index contributed by atoms with van der Waals surface area (Å²) in [4.78, 5) is 29.8. The van der Waals surface area contributed by atoms with Gasteiger partial charge in [0, 0.05) is 33.4 Å². The lowest BCUT2D eigenvalue weighted by molar-refractivity contribution is 0.299. The zero-order valence-electron chi connectivity index (χ0n) is 48.9. The molecule has 0 radical (unpaired) electrons. The third-order valence-corrected chi connectivity index (χ3v) is 18.6. The lowest BCUT2D eigenvalue weighted by Crippen LogP contribution is -2.43. The van der Waals surface area contributed by atoms with Crippen LogP contribution in [0.3, 0.4) is 0 Å². The van der Waals surface area contributed by atoms with Gasteiger partial charge in [0.1, 0.15) is 0 Å². The van der Waals surface area contributed by atoms with Gasteiger partial charge in [0.05, 0.1) is 0 Å². The van der Waals surface area contributed by atoms with Crippen molar-refractivity contribution in [3.63, 3.8) is 0 Å². The van der Waals surface area contributed by atoms with E-state index in [9.17, 15) is 0 Å². The summed E-state index contributed by atoms with van der Waals surface area (Å²) in [5, 5.41) is 0. The molecule has 0 aliphatic heterocycles. The Kier molecular flexibility index (Phi) is 13.5. The van der Waals surface area contributed by atoms with Crippen LogP contribution in [0.4, 0.5) is 0 Å². The molecule has 0 atom stereocenters. The number of rotatable bonds is 8. The van der Waals surface area contributed by atoms with E-state index >= 15 is 0 Å². The minimum absolute atomic E-state index is 0.0103. The summed E-state index contributed by atoms with van der Waals surface area (Å²) in [5.74, 6) is 4.02. The number of fused-ring (bicyclic) bond motifs is 6. The largest absolute Gasteiger partial charge is 0.208 e. The molecule has 14 rings (SSSR count). The number of benzene rings is 10. The van der Waals surface area contributed by atoms with Gasteiger partial charge < -0.3 is 0 Å². The van der Waals surface area contributed by atoms with E-state index in [2.05, 4.69) is 225 Å². The standard InChI is InChI=1S/2C39H33N3/c1-38(2)33-21-12-11-20-31(33)32-23-22-29(25-34(32)39(38,3)4)28-18-13-19-30(24-28)37-41-35(26-14-7-5-8-15-26)40-36(42-37)27-16-9-6-10-17-27;1-38(2)33-18-12-11-17-31(33)32-24-23-30(25-34(32)39(38,3)4)37-41-35(28-15-9-6-10-16-28)40-36(42-37)29-21-19-27(20-22-29)26-13-7-5-8-14-26/h2*5-25H,1-4H3. The average Bonchev–Trinajstić information content (AvgIpc) is 1.20. The molecule has 408 valence electrons. The van der Waals surface area contributed by atoms with E-state index in [0.717, 1.165) is 44.5 Å². The number of aromatic nitrogens is 6. The fourth-order valence-electron chi connectivity index (χ4n) is 12.4. The van der Waals surface area contributed by atoms with Crippen LogP contribution in [0.2, 0.25) is 0 Å². The van der Waals surface area contributed by atoms with Crippen molar-refractivity contribution in [2.45, 2.75) is 77.0 Å². The molecule has 0 bridgehead atoms. The molecule has 0 fully saturated rings. The van der Waals surface area contributed by atoms with Gasteiger partial charge in [-0.25, -0.2) is 29.9 Å². The van der Waals surface area contributed by atoms with Crippen molar-refractivity contribution in [3.8, 4) is 113 Å². The van der Waals surface area contributed by atoms with Crippen LogP contribution >= 0.6 is 0 Å². The van der Waals surface area contributed by atoms with Crippen LogP contribution in [-0.4, -0.2) is 29.9 Å². The van der Waals surface area contributed by atoms with Gasteiger partial charge >= 0.3 is 0 Å². The normalized spacial score (nSPS) is 14.6. The molecule has 2 heterocycles. The van der Waals surface area contributed by atoms with Crippen molar-refractivity contribution in [1.82, 2.24) is 29.9 Å². The van der Waals surface area contributed by atoms with E-state index < -0.39 is 0 Å². The molecule has 0 spiro atoms. The summed E-state index contributed by atoms with van der Waals surface area (Å²) < 4.78 is 0. The summed E-state index contributed by atoms with van der Waals surface area (Å²) in [6, 6.07) is 89.2. The SMILES string of the molecule is CC1(C)c2ccccc2-c2ccc(-c3cccc(-c4nc(-c5ccccc5)nc(-c5ccccc5)n4)c3)cc2C1(C)C.CC1(C)c2ccccc2-c2ccc(-c3nc(-c4ccccc4)nc(-c4ccc(-c5ccccc5)cc4)n3)cc2C1(C)C. The van der Waals surface area contributed by atoms with Crippen molar-refractivity contribution < 1.29 is 0 Å². The predicted molar refractivity (Wildman–Crippen MR) is 346 cm³/mol. The first-order chi connectivity index (χ1) is 40.7. The molecule has 0 saturated heterocycles. The summed E-state index contributed by atoms with van der Waals surface area (Å²) >= 11 is 0. The molecule has 6 nitrogen and oxygen atoms in total. The van der Waals surface area contributed by atoms with E-state index in [4.69, 9.17) is 29.9 Å². The maximum Gasteiger partial charge on any atom is 0.164 e. The molecule has 10 aromatic carbocycles. The molecule has 2 aromatic heterocycles. The average molecular weight is 1090 g/mol. The third-order valence-electron chi connectivity index (χ3n) is 18.6.